The second-order valence-corrected chi connectivity index (χ2v) is 6.29. The van der Waals surface area contributed by atoms with Gasteiger partial charge in [0.15, 0.2) is 0 Å². The number of halogens is 1. The Morgan fingerprint density at radius 1 is 1.47 bits per heavy atom. The molecule has 0 atom stereocenters. The van der Waals surface area contributed by atoms with Crippen LogP contribution in [0.4, 0.5) is 11.5 Å². The van der Waals surface area contributed by atoms with E-state index in [1.165, 1.54) is 0 Å². The summed E-state index contributed by atoms with van der Waals surface area (Å²) in [6.45, 7) is 11.8. The van der Waals surface area contributed by atoms with Crippen molar-refractivity contribution in [3.63, 3.8) is 0 Å². The maximum Gasteiger partial charge on any atom is 0.140 e. The lowest BCUT2D eigenvalue weighted by Gasteiger charge is -2.29. The van der Waals surface area contributed by atoms with Crippen molar-refractivity contribution >= 4 is 27.4 Å². The number of anilines is 2. The van der Waals surface area contributed by atoms with Crippen LogP contribution >= 0.6 is 15.9 Å². The van der Waals surface area contributed by atoms with Gasteiger partial charge in [-0.3, -0.25) is 0 Å². The average Bonchev–Trinajstić information content (AvgIpc) is 2.25. The minimum Gasteiger partial charge on any atom is -0.397 e. The molecule has 0 aliphatic carbocycles. The van der Waals surface area contributed by atoms with E-state index >= 15 is 0 Å². The molecule has 3 N–H and O–H groups in total. The highest BCUT2D eigenvalue weighted by Crippen LogP contribution is 2.30. The zero-order chi connectivity index (χ0) is 13.2. The molecule has 1 aromatic rings. The lowest BCUT2D eigenvalue weighted by Crippen LogP contribution is -2.29. The van der Waals surface area contributed by atoms with Gasteiger partial charge in [-0.1, -0.05) is 27.7 Å². The molecule has 96 valence electrons. The SMILES string of the molecule is Cc1c(N)cnc(NCC(C)(C)C(C)C)c1Br. The molecule has 0 spiro atoms. The fraction of sp³-hybridized carbons (Fsp3) is 0.615. The van der Waals surface area contributed by atoms with Crippen LogP contribution < -0.4 is 11.1 Å². The first-order valence-corrected chi connectivity index (χ1v) is 6.69. The molecule has 0 saturated carbocycles. The zero-order valence-corrected chi connectivity index (χ0v) is 12.9. The first kappa shape index (κ1) is 14.3. The monoisotopic (exact) mass is 299 g/mol. The summed E-state index contributed by atoms with van der Waals surface area (Å²) in [6, 6.07) is 0. The number of rotatable bonds is 4. The Balaban J connectivity index is 2.81. The molecule has 0 aliphatic rings. The largest absolute Gasteiger partial charge is 0.397 e. The van der Waals surface area contributed by atoms with Crippen molar-refractivity contribution in [2.45, 2.75) is 34.6 Å². The minimum absolute atomic E-state index is 0.233. The van der Waals surface area contributed by atoms with Gasteiger partial charge < -0.3 is 11.1 Å². The van der Waals surface area contributed by atoms with Crippen molar-refractivity contribution in [2.75, 3.05) is 17.6 Å². The Morgan fingerprint density at radius 2 is 2.06 bits per heavy atom. The summed E-state index contributed by atoms with van der Waals surface area (Å²) in [5.41, 5.74) is 7.78. The summed E-state index contributed by atoms with van der Waals surface area (Å²) in [7, 11) is 0. The van der Waals surface area contributed by atoms with Crippen molar-refractivity contribution < 1.29 is 0 Å². The molecule has 4 heteroatoms. The first-order chi connectivity index (χ1) is 7.75. The predicted octanol–water partition coefficient (Wildman–Crippen LogP) is 3.83. The van der Waals surface area contributed by atoms with E-state index in [4.69, 9.17) is 5.73 Å². The number of hydrogen-bond acceptors (Lipinski definition) is 3. The Morgan fingerprint density at radius 3 is 2.59 bits per heavy atom. The Labute approximate surface area is 112 Å². The van der Waals surface area contributed by atoms with E-state index in [-0.39, 0.29) is 5.41 Å². The molecular weight excluding hydrogens is 278 g/mol. The second kappa shape index (κ2) is 5.25. The number of nitrogen functional groups attached to an aromatic ring is 1. The van der Waals surface area contributed by atoms with Crippen LogP contribution in [0.3, 0.4) is 0 Å². The topological polar surface area (TPSA) is 50.9 Å². The quantitative estimate of drug-likeness (QED) is 0.888. The molecule has 17 heavy (non-hydrogen) atoms. The van der Waals surface area contributed by atoms with Crippen LogP contribution in [0.5, 0.6) is 0 Å². The van der Waals surface area contributed by atoms with Gasteiger partial charge in [0.1, 0.15) is 5.82 Å². The molecule has 1 rings (SSSR count). The number of nitrogens with zero attached hydrogens (tertiary/aromatic N) is 1. The fourth-order valence-corrected chi connectivity index (χ4v) is 1.70. The molecule has 0 aromatic carbocycles. The van der Waals surface area contributed by atoms with Gasteiger partial charge in [0.05, 0.1) is 16.4 Å². The highest BCUT2D eigenvalue weighted by atomic mass is 79.9. The van der Waals surface area contributed by atoms with Gasteiger partial charge in [0.2, 0.25) is 0 Å². The zero-order valence-electron chi connectivity index (χ0n) is 11.3. The molecule has 0 fully saturated rings. The Hall–Kier alpha value is -0.770. The number of nitrogens with two attached hydrogens (primary N) is 1. The van der Waals surface area contributed by atoms with Crippen molar-refractivity contribution in [1.29, 1.82) is 0 Å². The van der Waals surface area contributed by atoms with E-state index in [2.05, 4.69) is 53.9 Å². The standard InChI is InChI=1S/C13H22BrN3/c1-8(2)13(4,5)7-17-12-11(14)9(3)10(15)6-16-12/h6,8H,7,15H2,1-5H3,(H,16,17). The normalized spacial score (nSPS) is 11.9. The van der Waals surface area contributed by atoms with Crippen molar-refractivity contribution in [1.82, 2.24) is 4.98 Å². The molecule has 1 heterocycles. The van der Waals surface area contributed by atoms with Crippen LogP contribution in [-0.2, 0) is 0 Å². The summed E-state index contributed by atoms with van der Waals surface area (Å²) in [6.07, 6.45) is 1.70. The summed E-state index contributed by atoms with van der Waals surface area (Å²) in [4.78, 5) is 4.32. The molecule has 3 nitrogen and oxygen atoms in total. The van der Waals surface area contributed by atoms with E-state index in [9.17, 15) is 0 Å². The van der Waals surface area contributed by atoms with Crippen LogP contribution in [0.1, 0.15) is 33.3 Å². The molecular formula is C13H22BrN3. The van der Waals surface area contributed by atoms with Crippen LogP contribution in [0.15, 0.2) is 10.7 Å². The van der Waals surface area contributed by atoms with Gasteiger partial charge >= 0.3 is 0 Å². The lowest BCUT2D eigenvalue weighted by atomic mass is 9.81. The summed E-state index contributed by atoms with van der Waals surface area (Å²) in [5, 5.41) is 3.39. The van der Waals surface area contributed by atoms with Gasteiger partial charge in [0, 0.05) is 6.54 Å². The molecule has 0 amide bonds. The molecule has 1 aromatic heterocycles. The van der Waals surface area contributed by atoms with Crippen LogP contribution in [0.2, 0.25) is 0 Å². The molecule has 0 saturated heterocycles. The van der Waals surface area contributed by atoms with Crippen LogP contribution in [0.25, 0.3) is 0 Å². The highest BCUT2D eigenvalue weighted by molar-refractivity contribution is 9.10. The summed E-state index contributed by atoms with van der Waals surface area (Å²) < 4.78 is 0.956. The van der Waals surface area contributed by atoms with E-state index in [0.29, 0.717) is 11.6 Å². The minimum atomic E-state index is 0.233. The highest BCUT2D eigenvalue weighted by Gasteiger charge is 2.22. The van der Waals surface area contributed by atoms with Crippen molar-refractivity contribution in [3.8, 4) is 0 Å². The van der Waals surface area contributed by atoms with Crippen molar-refractivity contribution in [3.05, 3.63) is 16.2 Å². The second-order valence-electron chi connectivity index (χ2n) is 5.50. The van der Waals surface area contributed by atoms with E-state index < -0.39 is 0 Å². The third kappa shape index (κ3) is 3.35. The number of hydrogen-bond donors (Lipinski definition) is 2. The third-order valence-corrected chi connectivity index (χ3v) is 4.55. The lowest BCUT2D eigenvalue weighted by molar-refractivity contribution is 0.269. The molecule has 0 bridgehead atoms. The van der Waals surface area contributed by atoms with E-state index in [0.717, 1.165) is 22.4 Å². The number of pyridine rings is 1. The van der Waals surface area contributed by atoms with E-state index in [1.807, 2.05) is 6.92 Å². The third-order valence-electron chi connectivity index (χ3n) is 3.58. The number of aromatic nitrogens is 1. The number of nitrogens with one attached hydrogen (secondary N) is 1. The fourth-order valence-electron chi connectivity index (χ4n) is 1.23. The average molecular weight is 300 g/mol. The summed E-state index contributed by atoms with van der Waals surface area (Å²) >= 11 is 3.53. The first-order valence-electron chi connectivity index (χ1n) is 5.90. The van der Waals surface area contributed by atoms with Gasteiger partial charge in [0.25, 0.3) is 0 Å². The van der Waals surface area contributed by atoms with Crippen molar-refractivity contribution in [2.24, 2.45) is 11.3 Å². The van der Waals surface area contributed by atoms with Gasteiger partial charge in [-0.15, -0.1) is 0 Å². The van der Waals surface area contributed by atoms with Gasteiger partial charge in [-0.05, 0) is 39.8 Å². The van der Waals surface area contributed by atoms with Crippen LogP contribution in [0, 0.1) is 18.3 Å². The van der Waals surface area contributed by atoms with Gasteiger partial charge in [-0.2, -0.15) is 0 Å². The molecule has 0 unspecified atom stereocenters. The predicted molar refractivity (Wildman–Crippen MR) is 78.2 cm³/mol. The molecule has 0 radical (unpaired) electrons. The van der Waals surface area contributed by atoms with Crippen LogP contribution in [-0.4, -0.2) is 11.5 Å². The van der Waals surface area contributed by atoms with E-state index in [1.54, 1.807) is 6.20 Å². The Kier molecular flexibility index (Phi) is 4.42. The maximum atomic E-state index is 5.80. The Bertz CT molecular complexity index is 400. The van der Waals surface area contributed by atoms with Gasteiger partial charge in [-0.25, -0.2) is 4.98 Å². The molecule has 0 aliphatic heterocycles. The smallest absolute Gasteiger partial charge is 0.140 e. The summed E-state index contributed by atoms with van der Waals surface area (Å²) in [5.74, 6) is 1.48. The maximum absolute atomic E-state index is 5.80.